The Morgan fingerprint density at radius 1 is 0.522 bits per heavy atom. The minimum absolute atomic E-state index is 0.846. The summed E-state index contributed by atoms with van der Waals surface area (Å²) in [6.07, 6.45) is 0. The molecule has 0 amide bonds. The lowest BCUT2D eigenvalue weighted by atomic mass is 9.99. The van der Waals surface area contributed by atoms with Gasteiger partial charge < -0.3 is 8.83 Å². The molecule has 0 radical (unpaired) electrons. The molecule has 214 valence electrons. The normalized spacial score (nSPS) is 12.3. The smallest absolute Gasteiger partial charge is 0.195 e. The first-order valence-corrected chi connectivity index (χ1v) is 16.2. The maximum absolute atomic E-state index is 6.62. The standard InChI is InChI=1S/C41H22N2O2S/c1-2-9-24-22-25(17-16-23(24)8-1)26-12-7-13-30-37-34(45-39(26)30)20-21-35-38(37)42-41(46-35)43-31-14-5-3-11-29(31)36-32(43)19-18-28-27-10-4-6-15-33(27)44-40(28)36/h1-22H. The highest BCUT2D eigenvalue weighted by molar-refractivity contribution is 7.21. The second kappa shape index (κ2) is 8.84. The molecular formula is C41H22N2O2S. The van der Waals surface area contributed by atoms with Crippen LogP contribution in [0, 0.1) is 0 Å². The summed E-state index contributed by atoms with van der Waals surface area (Å²) in [5.74, 6) is 0. The van der Waals surface area contributed by atoms with Crippen molar-refractivity contribution < 1.29 is 8.83 Å². The zero-order valence-electron chi connectivity index (χ0n) is 24.3. The Balaban J connectivity index is 1.17. The number of hydrogen-bond donors (Lipinski definition) is 0. The highest BCUT2D eigenvalue weighted by Gasteiger charge is 2.22. The van der Waals surface area contributed by atoms with Crippen LogP contribution in [0.1, 0.15) is 0 Å². The minimum atomic E-state index is 0.846. The summed E-state index contributed by atoms with van der Waals surface area (Å²) in [4.78, 5) is 5.36. The molecule has 7 aromatic carbocycles. The molecule has 4 nitrogen and oxygen atoms in total. The topological polar surface area (TPSA) is 44.1 Å². The minimum Gasteiger partial charge on any atom is -0.455 e. The molecule has 0 atom stereocenters. The summed E-state index contributed by atoms with van der Waals surface area (Å²) in [6.45, 7) is 0. The first-order valence-electron chi connectivity index (χ1n) is 15.4. The highest BCUT2D eigenvalue weighted by atomic mass is 32.1. The van der Waals surface area contributed by atoms with E-state index in [9.17, 15) is 0 Å². The predicted octanol–water partition coefficient (Wildman–Crippen LogP) is 12.0. The average molecular weight is 607 g/mol. The first kappa shape index (κ1) is 24.4. The summed E-state index contributed by atoms with van der Waals surface area (Å²) in [5.41, 5.74) is 8.93. The van der Waals surface area contributed by atoms with Crippen LogP contribution in [0.2, 0.25) is 0 Å². The number of hydrogen-bond acceptors (Lipinski definition) is 4. The molecule has 0 fully saturated rings. The van der Waals surface area contributed by atoms with E-state index in [1.54, 1.807) is 11.3 Å². The number of furan rings is 2. The SMILES string of the molecule is c1ccc2cc(-c3cccc4c3oc3ccc5sc(-n6c7ccccc7c7c8oc9ccccc9c8ccc76)nc5c34)ccc2c1. The molecule has 0 bridgehead atoms. The number of fused-ring (bicyclic) bond motifs is 13. The van der Waals surface area contributed by atoms with E-state index in [0.717, 1.165) is 92.2 Å². The van der Waals surface area contributed by atoms with Gasteiger partial charge in [0.2, 0.25) is 0 Å². The van der Waals surface area contributed by atoms with Crippen molar-refractivity contribution in [3.8, 4) is 16.3 Å². The fraction of sp³-hybridized carbons (Fsp3) is 0. The van der Waals surface area contributed by atoms with Crippen molar-refractivity contribution in [1.29, 1.82) is 0 Å². The third kappa shape index (κ3) is 3.19. The fourth-order valence-corrected chi connectivity index (χ4v) is 8.39. The Kier molecular flexibility index (Phi) is 4.69. The second-order valence-electron chi connectivity index (χ2n) is 11.9. The number of rotatable bonds is 2. The molecule has 0 aliphatic carbocycles. The number of aromatic nitrogens is 2. The zero-order valence-corrected chi connectivity index (χ0v) is 25.1. The van der Waals surface area contributed by atoms with E-state index in [1.165, 1.54) is 10.8 Å². The molecule has 46 heavy (non-hydrogen) atoms. The summed E-state index contributed by atoms with van der Waals surface area (Å²) >= 11 is 1.70. The van der Waals surface area contributed by atoms with Crippen LogP contribution in [-0.4, -0.2) is 9.55 Å². The Labute approximate surface area is 265 Å². The molecule has 0 saturated heterocycles. The third-order valence-electron chi connectivity index (χ3n) is 9.44. The molecule has 0 unspecified atom stereocenters. The molecule has 11 aromatic rings. The molecule has 0 N–H and O–H groups in total. The van der Waals surface area contributed by atoms with Crippen molar-refractivity contribution in [2.45, 2.75) is 0 Å². The third-order valence-corrected chi connectivity index (χ3v) is 10.4. The van der Waals surface area contributed by atoms with Crippen LogP contribution in [-0.2, 0) is 0 Å². The number of para-hydroxylation sites is 3. The van der Waals surface area contributed by atoms with E-state index in [-0.39, 0.29) is 0 Å². The summed E-state index contributed by atoms with van der Waals surface area (Å²) in [5, 5.41) is 10.0. The monoisotopic (exact) mass is 606 g/mol. The van der Waals surface area contributed by atoms with Crippen molar-refractivity contribution in [3.63, 3.8) is 0 Å². The first-order chi connectivity index (χ1) is 22.8. The van der Waals surface area contributed by atoms with Crippen molar-refractivity contribution >= 4 is 98.0 Å². The summed E-state index contributed by atoms with van der Waals surface area (Å²) in [7, 11) is 0. The molecule has 5 heteroatoms. The molecule has 11 rings (SSSR count). The lowest BCUT2D eigenvalue weighted by molar-refractivity contribution is 0.670. The molecular weight excluding hydrogens is 585 g/mol. The van der Waals surface area contributed by atoms with Crippen molar-refractivity contribution in [1.82, 2.24) is 9.55 Å². The average Bonchev–Trinajstić information content (AvgIpc) is 3.87. The van der Waals surface area contributed by atoms with Gasteiger partial charge in [-0.3, -0.25) is 4.57 Å². The van der Waals surface area contributed by atoms with E-state index in [4.69, 9.17) is 13.8 Å². The van der Waals surface area contributed by atoms with Crippen LogP contribution in [0.25, 0.3) is 103 Å². The Hall–Kier alpha value is -5.91. The van der Waals surface area contributed by atoms with Crippen molar-refractivity contribution in [2.24, 2.45) is 0 Å². The molecule has 0 aliphatic rings. The van der Waals surface area contributed by atoms with E-state index < -0.39 is 0 Å². The maximum Gasteiger partial charge on any atom is 0.195 e. The Bertz CT molecular complexity index is 3050. The fourth-order valence-electron chi connectivity index (χ4n) is 7.38. The molecule has 0 aliphatic heterocycles. The highest BCUT2D eigenvalue weighted by Crippen LogP contribution is 2.44. The van der Waals surface area contributed by atoms with E-state index in [2.05, 4.69) is 126 Å². The largest absolute Gasteiger partial charge is 0.455 e. The van der Waals surface area contributed by atoms with Gasteiger partial charge in [-0.15, -0.1) is 0 Å². The van der Waals surface area contributed by atoms with Gasteiger partial charge in [0.15, 0.2) is 5.13 Å². The Morgan fingerprint density at radius 2 is 1.33 bits per heavy atom. The Morgan fingerprint density at radius 3 is 2.28 bits per heavy atom. The number of nitrogens with zero attached hydrogens (tertiary/aromatic N) is 2. The van der Waals surface area contributed by atoms with E-state index in [0.29, 0.717) is 0 Å². The summed E-state index contributed by atoms with van der Waals surface area (Å²) in [6, 6.07) is 46.9. The van der Waals surface area contributed by atoms with E-state index >= 15 is 0 Å². The van der Waals surface area contributed by atoms with Gasteiger partial charge in [0.05, 0.1) is 32.0 Å². The molecule has 4 heterocycles. The van der Waals surface area contributed by atoms with E-state index in [1.807, 2.05) is 12.1 Å². The van der Waals surface area contributed by atoms with Crippen LogP contribution in [0.15, 0.2) is 142 Å². The summed E-state index contributed by atoms with van der Waals surface area (Å²) < 4.78 is 16.5. The van der Waals surface area contributed by atoms with Crippen molar-refractivity contribution in [3.05, 3.63) is 133 Å². The van der Waals surface area contributed by atoms with Gasteiger partial charge in [-0.25, -0.2) is 4.98 Å². The maximum atomic E-state index is 6.62. The predicted molar refractivity (Wildman–Crippen MR) is 191 cm³/mol. The molecule has 0 saturated carbocycles. The van der Waals surface area contributed by atoms with Gasteiger partial charge in [0.1, 0.15) is 22.3 Å². The second-order valence-corrected chi connectivity index (χ2v) is 12.9. The number of benzene rings is 7. The molecule has 0 spiro atoms. The lowest BCUT2D eigenvalue weighted by Gasteiger charge is -2.05. The van der Waals surface area contributed by atoms with Gasteiger partial charge in [-0.1, -0.05) is 102 Å². The zero-order chi connectivity index (χ0) is 29.9. The van der Waals surface area contributed by atoms with Crippen LogP contribution < -0.4 is 0 Å². The van der Waals surface area contributed by atoms with Crippen LogP contribution in [0.5, 0.6) is 0 Å². The van der Waals surface area contributed by atoms with Gasteiger partial charge in [-0.2, -0.15) is 0 Å². The van der Waals surface area contributed by atoms with Gasteiger partial charge in [0.25, 0.3) is 0 Å². The van der Waals surface area contributed by atoms with Crippen molar-refractivity contribution in [2.75, 3.05) is 0 Å². The lowest BCUT2D eigenvalue weighted by Crippen LogP contribution is -1.92. The van der Waals surface area contributed by atoms with Crippen LogP contribution in [0.4, 0.5) is 0 Å². The number of thiazole rings is 1. The van der Waals surface area contributed by atoms with Gasteiger partial charge in [0, 0.05) is 27.1 Å². The molecule has 4 aromatic heterocycles. The van der Waals surface area contributed by atoms with Crippen LogP contribution >= 0.6 is 11.3 Å². The van der Waals surface area contributed by atoms with Gasteiger partial charge in [-0.05, 0) is 58.8 Å². The quantitative estimate of drug-likeness (QED) is 0.197. The van der Waals surface area contributed by atoms with Gasteiger partial charge >= 0.3 is 0 Å². The van der Waals surface area contributed by atoms with Crippen LogP contribution in [0.3, 0.4) is 0 Å².